The average Bonchev–Trinajstić information content (AvgIpc) is 3.21. The topological polar surface area (TPSA) is 172 Å². The van der Waals surface area contributed by atoms with E-state index in [1.54, 1.807) is 19.2 Å². The predicted molar refractivity (Wildman–Crippen MR) is 217 cm³/mol. The highest BCUT2D eigenvalue weighted by atomic mass is 19.1. The highest BCUT2D eigenvalue weighted by Gasteiger charge is 2.19. The molecule has 0 atom stereocenters. The Balaban J connectivity index is 0.000000174. The summed E-state index contributed by atoms with van der Waals surface area (Å²) in [5, 5.41) is 9.05. The van der Waals surface area contributed by atoms with Gasteiger partial charge in [0.1, 0.15) is 35.3 Å². The molecular weight excluding hydrogens is 731 g/mol. The average molecular weight is 779 g/mol. The van der Waals surface area contributed by atoms with Gasteiger partial charge in [0.2, 0.25) is 0 Å². The number of fused-ring (bicyclic) bond motifs is 2. The minimum absolute atomic E-state index is 0.182. The zero-order valence-electron chi connectivity index (χ0n) is 32.1. The standard InChI is InChI=1S/C21H25FN6O.C20H23FN6O/c1-29-9-8-27-4-6-28(7-5-27)13-15-10-16(12-17(22)11-15)18-2-3-19-20(26-18)21(23)25-14-24-19;21-16-10-14(12-27-5-3-26(4-6-27)7-8-28)9-15(11-16)17-1-2-18-19(25-17)20(22)24-13-23-18/h2-3,10-12,14H,4-9,13H2,1H3,(H2,23,24,25);1-2,9-11,13,28H,3-8,12H2,(H2,22,23,24). The smallest absolute Gasteiger partial charge is 0.153 e. The molecule has 0 radical (unpaired) electrons. The molecule has 2 saturated heterocycles. The van der Waals surface area contributed by atoms with Crippen molar-refractivity contribution in [2.45, 2.75) is 13.1 Å². The van der Waals surface area contributed by atoms with Gasteiger partial charge in [-0.25, -0.2) is 38.7 Å². The van der Waals surface area contributed by atoms with E-state index in [9.17, 15) is 8.78 Å². The molecule has 0 aliphatic carbocycles. The Morgan fingerprint density at radius 3 is 1.47 bits per heavy atom. The number of nitrogens with zero attached hydrogens (tertiary/aromatic N) is 10. The lowest BCUT2D eigenvalue weighted by atomic mass is 10.1. The number of aromatic nitrogens is 6. The zero-order valence-corrected chi connectivity index (χ0v) is 32.1. The zero-order chi connectivity index (χ0) is 39.7. The first kappa shape index (κ1) is 39.9. The van der Waals surface area contributed by atoms with Crippen LogP contribution in [0.1, 0.15) is 11.1 Å². The van der Waals surface area contributed by atoms with E-state index in [4.69, 9.17) is 21.3 Å². The summed E-state index contributed by atoms with van der Waals surface area (Å²) in [6.45, 7) is 11.5. The number of anilines is 2. The van der Waals surface area contributed by atoms with Crippen molar-refractivity contribution in [3.8, 4) is 22.5 Å². The number of nitrogen functional groups attached to an aromatic ring is 2. The lowest BCUT2D eigenvalue weighted by Crippen LogP contribution is -2.46. The molecule has 0 spiro atoms. The molecule has 0 bridgehead atoms. The van der Waals surface area contributed by atoms with Gasteiger partial charge in [-0.3, -0.25) is 19.6 Å². The largest absolute Gasteiger partial charge is 0.395 e. The van der Waals surface area contributed by atoms with Crippen molar-refractivity contribution in [2.75, 3.05) is 97.2 Å². The molecule has 8 rings (SSSR count). The van der Waals surface area contributed by atoms with E-state index in [0.29, 0.717) is 70.3 Å². The van der Waals surface area contributed by atoms with Crippen LogP contribution in [0, 0.1) is 11.6 Å². The molecule has 6 heterocycles. The molecule has 14 nitrogen and oxygen atoms in total. The summed E-state index contributed by atoms with van der Waals surface area (Å²) in [6.07, 6.45) is 2.81. The summed E-state index contributed by atoms with van der Waals surface area (Å²) in [7, 11) is 1.73. The van der Waals surface area contributed by atoms with Gasteiger partial charge in [-0.05, 0) is 71.8 Å². The van der Waals surface area contributed by atoms with Gasteiger partial charge in [0.05, 0.1) is 35.6 Å². The maximum Gasteiger partial charge on any atom is 0.153 e. The number of pyridine rings is 2. The summed E-state index contributed by atoms with van der Waals surface area (Å²) < 4.78 is 33.8. The van der Waals surface area contributed by atoms with Gasteiger partial charge in [-0.15, -0.1) is 0 Å². The third-order valence-electron chi connectivity index (χ3n) is 10.3. The molecular formula is C41H48F2N12O2. The van der Waals surface area contributed by atoms with Crippen molar-refractivity contribution < 1.29 is 18.6 Å². The van der Waals surface area contributed by atoms with Crippen LogP contribution in [0.5, 0.6) is 0 Å². The number of aliphatic hydroxyl groups excluding tert-OH is 1. The van der Waals surface area contributed by atoms with Gasteiger partial charge in [-0.2, -0.15) is 0 Å². The highest BCUT2D eigenvalue weighted by Crippen LogP contribution is 2.26. The van der Waals surface area contributed by atoms with Crippen molar-refractivity contribution >= 4 is 33.7 Å². The van der Waals surface area contributed by atoms with Gasteiger partial charge < -0.3 is 21.3 Å². The minimum Gasteiger partial charge on any atom is -0.395 e. The van der Waals surface area contributed by atoms with Crippen LogP contribution >= 0.6 is 0 Å². The van der Waals surface area contributed by atoms with E-state index in [-0.39, 0.29) is 18.2 Å². The molecule has 298 valence electrons. The number of aliphatic hydroxyl groups is 1. The number of hydrogen-bond donors (Lipinski definition) is 3. The van der Waals surface area contributed by atoms with Crippen molar-refractivity contribution in [2.24, 2.45) is 0 Å². The summed E-state index contributed by atoms with van der Waals surface area (Å²) in [4.78, 5) is 34.7. The van der Waals surface area contributed by atoms with E-state index >= 15 is 0 Å². The second-order valence-corrected chi connectivity index (χ2v) is 14.3. The van der Waals surface area contributed by atoms with Crippen LogP contribution in [0.25, 0.3) is 44.6 Å². The number of rotatable bonds is 11. The monoisotopic (exact) mass is 778 g/mol. The van der Waals surface area contributed by atoms with E-state index in [2.05, 4.69) is 49.5 Å². The normalized spacial score (nSPS) is 15.9. The van der Waals surface area contributed by atoms with Crippen LogP contribution in [0.4, 0.5) is 20.4 Å². The van der Waals surface area contributed by atoms with E-state index in [1.807, 2.05) is 36.4 Å². The van der Waals surface area contributed by atoms with Crippen LogP contribution in [0.3, 0.4) is 0 Å². The van der Waals surface area contributed by atoms with Crippen molar-refractivity contribution in [1.82, 2.24) is 49.5 Å². The third kappa shape index (κ3) is 10.3. The third-order valence-corrected chi connectivity index (χ3v) is 10.3. The molecule has 16 heteroatoms. The number of β-amino-alcohol motifs (C(OH)–C–C–N with tert-alkyl or cyclic N) is 1. The fourth-order valence-electron chi connectivity index (χ4n) is 7.24. The Hall–Kier alpha value is -5.36. The number of ether oxygens (including phenoxy) is 1. The number of nitrogens with two attached hydrogens (primary N) is 2. The van der Waals surface area contributed by atoms with Gasteiger partial charge in [0.25, 0.3) is 0 Å². The van der Waals surface area contributed by atoms with Gasteiger partial charge in [-0.1, -0.05) is 0 Å². The molecule has 2 fully saturated rings. The molecule has 57 heavy (non-hydrogen) atoms. The number of piperazine rings is 2. The van der Waals surface area contributed by atoms with Crippen LogP contribution in [-0.2, 0) is 17.8 Å². The Morgan fingerprint density at radius 2 is 1.04 bits per heavy atom. The Bertz CT molecular complexity index is 2280. The Morgan fingerprint density at radius 1 is 0.596 bits per heavy atom. The summed E-state index contributed by atoms with van der Waals surface area (Å²) in [5.41, 5.74) is 18.8. The van der Waals surface area contributed by atoms with Crippen LogP contribution in [0.15, 0.2) is 73.3 Å². The van der Waals surface area contributed by atoms with Crippen molar-refractivity contribution in [1.29, 1.82) is 0 Å². The molecule has 0 saturated carbocycles. The summed E-state index contributed by atoms with van der Waals surface area (Å²) in [6, 6.07) is 17.4. The molecule has 0 unspecified atom stereocenters. The maximum atomic E-state index is 14.3. The number of benzene rings is 2. The van der Waals surface area contributed by atoms with E-state index in [1.165, 1.54) is 24.8 Å². The highest BCUT2D eigenvalue weighted by molar-refractivity contribution is 5.86. The van der Waals surface area contributed by atoms with Gasteiger partial charge in [0.15, 0.2) is 11.6 Å². The maximum absolute atomic E-state index is 14.3. The molecule has 2 aromatic carbocycles. The lowest BCUT2D eigenvalue weighted by molar-refractivity contribution is 0.0938. The fourth-order valence-corrected chi connectivity index (χ4v) is 7.24. The van der Waals surface area contributed by atoms with Gasteiger partial charge >= 0.3 is 0 Å². The van der Waals surface area contributed by atoms with Crippen LogP contribution in [0.2, 0.25) is 0 Å². The first-order valence-corrected chi connectivity index (χ1v) is 19.1. The van der Waals surface area contributed by atoms with Gasteiger partial charge in [0, 0.05) is 96.8 Å². The van der Waals surface area contributed by atoms with Crippen molar-refractivity contribution in [3.63, 3.8) is 0 Å². The first-order chi connectivity index (χ1) is 27.7. The minimum atomic E-state index is -0.286. The molecule has 5 N–H and O–H groups in total. The predicted octanol–water partition coefficient (Wildman–Crippen LogP) is 3.70. The first-order valence-electron chi connectivity index (χ1n) is 19.1. The summed E-state index contributed by atoms with van der Waals surface area (Å²) in [5.74, 6) is 0.0741. The molecule has 6 aromatic rings. The molecule has 4 aromatic heterocycles. The Labute approximate surface area is 330 Å². The second-order valence-electron chi connectivity index (χ2n) is 14.3. The number of halogens is 2. The molecule has 2 aliphatic rings. The fraction of sp³-hybridized carbons (Fsp3) is 0.366. The van der Waals surface area contributed by atoms with Crippen molar-refractivity contribution in [3.05, 3.63) is 96.1 Å². The quantitative estimate of drug-likeness (QED) is 0.174. The van der Waals surface area contributed by atoms with E-state index < -0.39 is 0 Å². The van der Waals surface area contributed by atoms with Crippen LogP contribution in [-0.4, -0.2) is 140 Å². The number of methoxy groups -OCH3 is 1. The summed E-state index contributed by atoms with van der Waals surface area (Å²) >= 11 is 0. The molecule has 0 amide bonds. The molecule has 2 aliphatic heterocycles. The second kappa shape index (κ2) is 18.7. The van der Waals surface area contributed by atoms with Crippen LogP contribution < -0.4 is 11.5 Å². The lowest BCUT2D eigenvalue weighted by Gasteiger charge is -2.34. The number of hydrogen-bond acceptors (Lipinski definition) is 14. The van der Waals surface area contributed by atoms with E-state index in [0.717, 1.165) is 82.2 Å². The SMILES string of the molecule is COCCN1CCN(Cc2cc(F)cc(-c3ccc4ncnc(N)c4n3)c2)CC1.Nc1ncnc2ccc(-c3cc(F)cc(CN4CCN(CCO)CC4)c3)nc12. The Kier molecular flexibility index (Phi) is 13.1.